The average molecular weight is 287 g/mol. The third-order valence-electron chi connectivity index (χ3n) is 3.71. The highest BCUT2D eigenvalue weighted by molar-refractivity contribution is 5.68. The largest absolute Gasteiger partial charge is 0.445 e. The molecule has 1 aromatic heterocycles. The van der Waals surface area contributed by atoms with E-state index in [0.29, 0.717) is 13.1 Å². The number of hydrogen-bond acceptors (Lipinski definition) is 3. The molecule has 1 aliphatic heterocycles. The van der Waals surface area contributed by atoms with E-state index < -0.39 is 0 Å². The Morgan fingerprint density at radius 1 is 1.29 bits per heavy atom. The van der Waals surface area contributed by atoms with Crippen molar-refractivity contribution in [2.75, 3.05) is 13.1 Å². The van der Waals surface area contributed by atoms with Gasteiger partial charge in [-0.3, -0.25) is 9.89 Å². The second-order valence-corrected chi connectivity index (χ2v) is 5.19. The topological polar surface area (TPSA) is 78.2 Å². The summed E-state index contributed by atoms with van der Waals surface area (Å²) >= 11 is 0. The maximum Gasteiger partial charge on any atom is 0.410 e. The van der Waals surface area contributed by atoms with Gasteiger partial charge < -0.3 is 14.7 Å². The first kappa shape index (κ1) is 13.5. The number of rotatable bonds is 3. The lowest BCUT2D eigenvalue weighted by atomic mass is 10.1. The van der Waals surface area contributed by atoms with E-state index in [2.05, 4.69) is 10.2 Å². The molecule has 2 aromatic rings. The van der Waals surface area contributed by atoms with E-state index >= 15 is 0 Å². The zero-order valence-electron chi connectivity index (χ0n) is 11.5. The van der Waals surface area contributed by atoms with Crippen molar-refractivity contribution in [1.82, 2.24) is 15.1 Å². The van der Waals surface area contributed by atoms with Crippen molar-refractivity contribution in [3.8, 4) is 0 Å². The number of aromatic amines is 2. The molecule has 0 saturated carbocycles. The highest BCUT2D eigenvalue weighted by Crippen LogP contribution is 2.25. The fraction of sp³-hybridized carbons (Fsp3) is 0.333. The molecule has 0 bridgehead atoms. The molecule has 2 N–H and O–H groups in total. The standard InChI is InChI=1S/C15H17N3O3/c19-14-8-13(16-17-14)12-6-7-18(9-12)15(20)21-10-11-4-2-1-3-5-11/h1-5,8,12H,6-7,9-10H2,(H2,16,17,19)/t12-/m0/s1. The summed E-state index contributed by atoms with van der Waals surface area (Å²) in [5.74, 6) is 0.160. The molecule has 1 aliphatic rings. The van der Waals surface area contributed by atoms with E-state index in [1.54, 1.807) is 11.0 Å². The van der Waals surface area contributed by atoms with Crippen LogP contribution in [0.3, 0.4) is 0 Å². The van der Waals surface area contributed by atoms with E-state index in [9.17, 15) is 9.59 Å². The molecule has 1 fully saturated rings. The zero-order valence-corrected chi connectivity index (χ0v) is 11.5. The van der Waals surface area contributed by atoms with E-state index in [1.165, 1.54) is 0 Å². The van der Waals surface area contributed by atoms with E-state index in [4.69, 9.17) is 4.74 Å². The molecule has 1 amide bonds. The van der Waals surface area contributed by atoms with Gasteiger partial charge in [-0.05, 0) is 12.0 Å². The van der Waals surface area contributed by atoms with Gasteiger partial charge in [-0.15, -0.1) is 0 Å². The van der Waals surface area contributed by atoms with Gasteiger partial charge in [0.05, 0.1) is 0 Å². The number of aromatic nitrogens is 2. The minimum atomic E-state index is -0.306. The predicted octanol–water partition coefficient (Wildman–Crippen LogP) is 1.83. The molecule has 0 radical (unpaired) electrons. The van der Waals surface area contributed by atoms with Gasteiger partial charge in [0.1, 0.15) is 6.61 Å². The molecular formula is C15H17N3O3. The third kappa shape index (κ3) is 3.16. The van der Waals surface area contributed by atoms with Crippen LogP contribution in [0.2, 0.25) is 0 Å². The first-order chi connectivity index (χ1) is 10.2. The first-order valence-corrected chi connectivity index (χ1v) is 6.95. The second kappa shape index (κ2) is 5.87. The lowest BCUT2D eigenvalue weighted by Crippen LogP contribution is -2.29. The Hall–Kier alpha value is -2.50. The van der Waals surface area contributed by atoms with E-state index in [-0.39, 0.29) is 24.2 Å². The second-order valence-electron chi connectivity index (χ2n) is 5.19. The summed E-state index contributed by atoms with van der Waals surface area (Å²) in [5, 5.41) is 5.37. The summed E-state index contributed by atoms with van der Waals surface area (Å²) in [4.78, 5) is 24.8. The van der Waals surface area contributed by atoms with Crippen LogP contribution in [-0.4, -0.2) is 34.3 Å². The Labute approximate surface area is 121 Å². The summed E-state index contributed by atoms with van der Waals surface area (Å²) in [6.07, 6.45) is 0.521. The van der Waals surface area contributed by atoms with Crippen LogP contribution in [-0.2, 0) is 11.3 Å². The molecule has 1 atom stereocenters. The average Bonchev–Trinajstić information content (AvgIpc) is 3.14. The van der Waals surface area contributed by atoms with Gasteiger partial charge in [0, 0.05) is 30.8 Å². The monoisotopic (exact) mass is 287 g/mol. The minimum absolute atomic E-state index is 0.143. The van der Waals surface area contributed by atoms with Crippen molar-refractivity contribution in [3.05, 3.63) is 58.0 Å². The van der Waals surface area contributed by atoms with Gasteiger partial charge in [0.25, 0.3) is 5.56 Å². The molecule has 3 rings (SSSR count). The van der Waals surface area contributed by atoms with Crippen LogP contribution in [0.25, 0.3) is 0 Å². The molecule has 0 aliphatic carbocycles. The molecule has 1 aromatic carbocycles. The molecular weight excluding hydrogens is 270 g/mol. The van der Waals surface area contributed by atoms with E-state index in [1.807, 2.05) is 30.3 Å². The van der Waals surface area contributed by atoms with Gasteiger partial charge in [0.15, 0.2) is 0 Å². The summed E-state index contributed by atoms with van der Waals surface area (Å²) in [7, 11) is 0. The first-order valence-electron chi connectivity index (χ1n) is 6.95. The van der Waals surface area contributed by atoms with Gasteiger partial charge >= 0.3 is 6.09 Å². The minimum Gasteiger partial charge on any atom is -0.445 e. The molecule has 6 heteroatoms. The van der Waals surface area contributed by atoms with Crippen LogP contribution in [0.15, 0.2) is 41.2 Å². The third-order valence-corrected chi connectivity index (χ3v) is 3.71. The number of carbonyl (C=O) groups is 1. The van der Waals surface area contributed by atoms with Gasteiger partial charge in [-0.25, -0.2) is 4.79 Å². The normalized spacial score (nSPS) is 17.9. The number of ether oxygens (including phenoxy) is 1. The van der Waals surface area contributed by atoms with Crippen molar-refractivity contribution in [2.24, 2.45) is 0 Å². The van der Waals surface area contributed by atoms with Gasteiger partial charge in [0.2, 0.25) is 0 Å². The number of H-pyrrole nitrogens is 2. The molecule has 2 heterocycles. The fourth-order valence-electron chi connectivity index (χ4n) is 2.56. The Morgan fingerprint density at radius 3 is 2.81 bits per heavy atom. The summed E-state index contributed by atoms with van der Waals surface area (Å²) in [5.41, 5.74) is 1.67. The number of hydrogen-bond donors (Lipinski definition) is 2. The van der Waals surface area contributed by atoms with Crippen LogP contribution in [0.1, 0.15) is 23.6 Å². The predicted molar refractivity (Wildman–Crippen MR) is 77.0 cm³/mol. The van der Waals surface area contributed by atoms with Crippen molar-refractivity contribution < 1.29 is 9.53 Å². The van der Waals surface area contributed by atoms with Crippen LogP contribution in [0.5, 0.6) is 0 Å². The Kier molecular flexibility index (Phi) is 3.77. The van der Waals surface area contributed by atoms with Gasteiger partial charge in [-0.1, -0.05) is 30.3 Å². The van der Waals surface area contributed by atoms with Gasteiger partial charge in [-0.2, -0.15) is 0 Å². The molecule has 6 nitrogen and oxygen atoms in total. The molecule has 21 heavy (non-hydrogen) atoms. The van der Waals surface area contributed by atoms with Crippen molar-refractivity contribution in [1.29, 1.82) is 0 Å². The number of likely N-dealkylation sites (tertiary alicyclic amines) is 1. The number of carbonyl (C=O) groups excluding carboxylic acids is 1. The number of amides is 1. The Morgan fingerprint density at radius 2 is 2.10 bits per heavy atom. The van der Waals surface area contributed by atoms with Crippen LogP contribution in [0, 0.1) is 0 Å². The van der Waals surface area contributed by atoms with E-state index in [0.717, 1.165) is 17.7 Å². The fourth-order valence-corrected chi connectivity index (χ4v) is 2.56. The number of nitrogens with zero attached hydrogens (tertiary/aromatic N) is 1. The number of benzene rings is 1. The maximum absolute atomic E-state index is 12.0. The SMILES string of the molecule is O=C(OCc1ccccc1)N1CC[C@H](c2cc(=O)[nH][nH]2)C1. The smallest absolute Gasteiger partial charge is 0.410 e. The summed E-state index contributed by atoms with van der Waals surface area (Å²) in [6.45, 7) is 1.49. The van der Waals surface area contributed by atoms with Crippen LogP contribution in [0.4, 0.5) is 4.79 Å². The molecule has 0 spiro atoms. The molecule has 1 saturated heterocycles. The van der Waals surface area contributed by atoms with Crippen molar-refractivity contribution in [3.63, 3.8) is 0 Å². The van der Waals surface area contributed by atoms with Crippen molar-refractivity contribution >= 4 is 6.09 Å². The molecule has 0 unspecified atom stereocenters. The van der Waals surface area contributed by atoms with Crippen LogP contribution < -0.4 is 5.56 Å². The Balaban J connectivity index is 1.53. The molecule has 110 valence electrons. The highest BCUT2D eigenvalue weighted by atomic mass is 16.6. The summed E-state index contributed by atoms with van der Waals surface area (Å²) < 4.78 is 5.31. The lowest BCUT2D eigenvalue weighted by Gasteiger charge is -2.16. The number of nitrogens with one attached hydrogen (secondary N) is 2. The summed E-state index contributed by atoms with van der Waals surface area (Å²) in [6, 6.07) is 11.1. The maximum atomic E-state index is 12.0. The highest BCUT2D eigenvalue weighted by Gasteiger charge is 2.29. The zero-order chi connectivity index (χ0) is 14.7. The lowest BCUT2D eigenvalue weighted by molar-refractivity contribution is 0.104. The quantitative estimate of drug-likeness (QED) is 0.904. The Bertz CT molecular complexity index is 662. The van der Waals surface area contributed by atoms with Crippen molar-refractivity contribution in [2.45, 2.75) is 18.9 Å². The van der Waals surface area contributed by atoms with Crippen LogP contribution >= 0.6 is 0 Å².